The molecular formula is C29H33N7O. The topological polar surface area (TPSA) is 104 Å². The van der Waals surface area contributed by atoms with Gasteiger partial charge in [-0.15, -0.1) is 0 Å². The molecule has 3 N–H and O–H groups in total. The lowest BCUT2D eigenvalue weighted by Crippen LogP contribution is -2.46. The number of nitrogens with one attached hydrogen (secondary N) is 2. The third-order valence-electron chi connectivity index (χ3n) is 7.19. The number of nitrogens with zero attached hydrogens (tertiary/aromatic N) is 5. The van der Waals surface area contributed by atoms with Crippen LogP contribution in [0.25, 0.3) is 10.9 Å². The van der Waals surface area contributed by atoms with Crippen LogP contribution in [0.5, 0.6) is 0 Å². The second-order valence-corrected chi connectivity index (χ2v) is 9.60. The van der Waals surface area contributed by atoms with Gasteiger partial charge in [-0.1, -0.05) is 6.07 Å². The first-order valence-electron chi connectivity index (χ1n) is 12.9. The Bertz CT molecular complexity index is 1400. The van der Waals surface area contributed by atoms with Gasteiger partial charge in [0.05, 0.1) is 23.6 Å². The predicted octanol–water partition coefficient (Wildman–Crippen LogP) is 3.78. The number of H-pyrrole nitrogens is 1. The lowest BCUT2D eigenvalue weighted by molar-refractivity contribution is 0.107. The third kappa shape index (κ3) is 5.81. The molecule has 0 spiro atoms. The average molecular weight is 496 g/mol. The van der Waals surface area contributed by atoms with Crippen LogP contribution in [0.3, 0.4) is 0 Å². The predicted molar refractivity (Wildman–Crippen MR) is 146 cm³/mol. The fourth-order valence-corrected chi connectivity index (χ4v) is 5.04. The molecule has 0 aliphatic carbocycles. The van der Waals surface area contributed by atoms with Gasteiger partial charge in [0.2, 0.25) is 0 Å². The molecule has 0 radical (unpaired) electrons. The molecule has 1 aliphatic rings. The van der Waals surface area contributed by atoms with Crippen molar-refractivity contribution in [1.82, 2.24) is 24.8 Å². The fraction of sp³-hybridized carbons (Fsp3) is 0.345. The normalized spacial score (nSPS) is 14.6. The van der Waals surface area contributed by atoms with Crippen molar-refractivity contribution < 1.29 is 5.11 Å². The molecule has 8 heteroatoms. The van der Waals surface area contributed by atoms with Crippen LogP contribution < -0.4 is 5.32 Å². The molecule has 37 heavy (non-hydrogen) atoms. The standard InChI is InChI=1S/C29H33N7O/c1-21-26-9-10-32-28(26)8-7-27(21)34-29-22(18-31-19-23(29)17-30)5-6-24-3-2-4-25(33-24)20-36-13-11-35(12-14-36)15-16-37/h2-4,7-10,18-19,32,37H,5-6,11-16,20H2,1H3,(H,31,34). The summed E-state index contributed by atoms with van der Waals surface area (Å²) >= 11 is 0. The SMILES string of the molecule is Cc1c(Nc2c(C#N)cncc2CCc2cccc(CN3CCN(CCO)CC3)n2)ccc2[nH]ccc12. The molecule has 1 aromatic carbocycles. The number of benzene rings is 1. The number of nitriles is 1. The maximum Gasteiger partial charge on any atom is 0.103 e. The van der Waals surface area contributed by atoms with E-state index in [2.05, 4.69) is 68.4 Å². The summed E-state index contributed by atoms with van der Waals surface area (Å²) in [6.45, 7) is 7.83. The minimum Gasteiger partial charge on any atom is -0.395 e. The number of anilines is 2. The van der Waals surface area contributed by atoms with Gasteiger partial charge in [-0.05, 0) is 61.2 Å². The summed E-state index contributed by atoms with van der Waals surface area (Å²) in [7, 11) is 0. The lowest BCUT2D eigenvalue weighted by atomic mass is 10.0. The Morgan fingerprint density at radius 2 is 1.84 bits per heavy atom. The van der Waals surface area contributed by atoms with Crippen molar-refractivity contribution in [2.45, 2.75) is 26.3 Å². The number of aromatic amines is 1. The highest BCUT2D eigenvalue weighted by molar-refractivity contribution is 5.89. The highest BCUT2D eigenvalue weighted by atomic mass is 16.3. The van der Waals surface area contributed by atoms with E-state index in [1.165, 1.54) is 0 Å². The van der Waals surface area contributed by atoms with Gasteiger partial charge in [-0.25, -0.2) is 0 Å². The van der Waals surface area contributed by atoms with E-state index in [-0.39, 0.29) is 6.61 Å². The van der Waals surface area contributed by atoms with Crippen molar-refractivity contribution in [3.05, 3.63) is 83.1 Å². The Hall–Kier alpha value is -3.77. The molecule has 0 atom stereocenters. The molecule has 8 nitrogen and oxygen atoms in total. The smallest absolute Gasteiger partial charge is 0.103 e. The first kappa shape index (κ1) is 24.9. The minimum absolute atomic E-state index is 0.218. The van der Waals surface area contributed by atoms with Crippen molar-refractivity contribution in [1.29, 1.82) is 5.26 Å². The molecule has 3 aromatic heterocycles. The zero-order valence-electron chi connectivity index (χ0n) is 21.2. The molecule has 0 saturated carbocycles. The van der Waals surface area contributed by atoms with Gasteiger partial charge in [0.1, 0.15) is 6.07 Å². The quantitative estimate of drug-likeness (QED) is 0.325. The maximum absolute atomic E-state index is 9.79. The molecule has 4 heterocycles. The van der Waals surface area contributed by atoms with Gasteiger partial charge in [0.25, 0.3) is 0 Å². The first-order valence-corrected chi connectivity index (χ1v) is 12.9. The summed E-state index contributed by atoms with van der Waals surface area (Å²) < 4.78 is 0. The number of piperazine rings is 1. The van der Waals surface area contributed by atoms with Crippen molar-refractivity contribution in [2.24, 2.45) is 0 Å². The van der Waals surface area contributed by atoms with E-state index in [0.717, 1.165) is 96.9 Å². The van der Waals surface area contributed by atoms with Crippen LogP contribution in [-0.2, 0) is 19.4 Å². The van der Waals surface area contributed by atoms with Crippen LogP contribution in [0, 0.1) is 18.3 Å². The Labute approximate surface area is 217 Å². The number of pyridine rings is 2. The minimum atomic E-state index is 0.218. The number of β-amino-alcohol motifs (C(OH)–C–C–N with tert-alkyl or cyclic N) is 1. The molecule has 1 saturated heterocycles. The van der Waals surface area contributed by atoms with Crippen LogP contribution in [0.2, 0.25) is 0 Å². The van der Waals surface area contributed by atoms with Crippen LogP contribution >= 0.6 is 0 Å². The molecule has 0 amide bonds. The zero-order valence-corrected chi connectivity index (χ0v) is 21.2. The Morgan fingerprint density at radius 1 is 1.03 bits per heavy atom. The molecule has 1 aliphatic heterocycles. The zero-order chi connectivity index (χ0) is 25.6. The summed E-state index contributed by atoms with van der Waals surface area (Å²) in [5.41, 5.74) is 7.67. The number of aromatic nitrogens is 3. The molecule has 190 valence electrons. The van der Waals surface area contributed by atoms with E-state index in [9.17, 15) is 5.26 Å². The Balaban J connectivity index is 1.28. The summed E-state index contributed by atoms with van der Waals surface area (Å²) in [6, 6.07) is 14.7. The van der Waals surface area contributed by atoms with Crippen molar-refractivity contribution in [2.75, 3.05) is 44.6 Å². The average Bonchev–Trinajstić information content (AvgIpc) is 3.41. The van der Waals surface area contributed by atoms with E-state index in [4.69, 9.17) is 10.1 Å². The third-order valence-corrected chi connectivity index (χ3v) is 7.19. The van der Waals surface area contributed by atoms with Gasteiger partial charge in [-0.2, -0.15) is 5.26 Å². The van der Waals surface area contributed by atoms with Gasteiger partial charge >= 0.3 is 0 Å². The second kappa shape index (κ2) is 11.5. The van der Waals surface area contributed by atoms with E-state index in [1.54, 1.807) is 6.20 Å². The molecular weight excluding hydrogens is 462 g/mol. The molecule has 0 unspecified atom stereocenters. The highest BCUT2D eigenvalue weighted by Gasteiger charge is 2.17. The van der Waals surface area contributed by atoms with Crippen LogP contribution in [-0.4, -0.2) is 69.2 Å². The Morgan fingerprint density at radius 3 is 2.65 bits per heavy atom. The highest BCUT2D eigenvalue weighted by Crippen LogP contribution is 2.30. The second-order valence-electron chi connectivity index (χ2n) is 9.60. The number of aryl methyl sites for hydroxylation is 3. The largest absolute Gasteiger partial charge is 0.395 e. The maximum atomic E-state index is 9.79. The van der Waals surface area contributed by atoms with Crippen LogP contribution in [0.4, 0.5) is 11.4 Å². The van der Waals surface area contributed by atoms with Crippen molar-refractivity contribution >= 4 is 22.3 Å². The van der Waals surface area contributed by atoms with E-state index < -0.39 is 0 Å². The number of rotatable bonds is 9. The summed E-state index contributed by atoms with van der Waals surface area (Å²) in [5, 5.41) is 23.6. The van der Waals surface area contributed by atoms with Crippen molar-refractivity contribution in [3.63, 3.8) is 0 Å². The van der Waals surface area contributed by atoms with E-state index >= 15 is 0 Å². The monoisotopic (exact) mass is 495 g/mol. The van der Waals surface area contributed by atoms with E-state index in [1.807, 2.05) is 18.5 Å². The first-order chi connectivity index (χ1) is 18.1. The molecule has 4 aromatic rings. The Kier molecular flexibility index (Phi) is 7.76. The number of aliphatic hydroxyl groups is 1. The number of hydrogen-bond donors (Lipinski definition) is 3. The van der Waals surface area contributed by atoms with Crippen molar-refractivity contribution in [3.8, 4) is 6.07 Å². The number of fused-ring (bicyclic) bond motifs is 1. The molecule has 1 fully saturated rings. The fourth-order valence-electron chi connectivity index (χ4n) is 5.04. The van der Waals surface area contributed by atoms with Gasteiger partial charge in [0, 0.05) is 80.1 Å². The van der Waals surface area contributed by atoms with Crippen LogP contribution in [0.1, 0.15) is 28.1 Å². The number of hydrogen-bond acceptors (Lipinski definition) is 7. The van der Waals surface area contributed by atoms with Gasteiger partial charge < -0.3 is 15.4 Å². The lowest BCUT2D eigenvalue weighted by Gasteiger charge is -2.34. The number of aliphatic hydroxyl groups excluding tert-OH is 1. The molecule has 5 rings (SSSR count). The summed E-state index contributed by atoms with van der Waals surface area (Å²) in [5.74, 6) is 0. The van der Waals surface area contributed by atoms with Gasteiger partial charge in [-0.3, -0.25) is 19.8 Å². The summed E-state index contributed by atoms with van der Waals surface area (Å²) in [6.07, 6.45) is 6.91. The van der Waals surface area contributed by atoms with Crippen LogP contribution in [0.15, 0.2) is 55.0 Å². The molecule has 0 bridgehead atoms. The van der Waals surface area contributed by atoms with E-state index in [0.29, 0.717) is 5.56 Å². The summed E-state index contributed by atoms with van der Waals surface area (Å²) in [4.78, 5) is 17.2. The van der Waals surface area contributed by atoms with Gasteiger partial charge in [0.15, 0.2) is 0 Å².